The molecule has 1 unspecified atom stereocenters. The molecule has 0 spiro atoms. The van der Waals surface area contributed by atoms with Crippen molar-refractivity contribution in [1.29, 1.82) is 0 Å². The van der Waals surface area contributed by atoms with Gasteiger partial charge in [0.15, 0.2) is 0 Å². The van der Waals surface area contributed by atoms with Gasteiger partial charge in [-0.05, 0) is 25.1 Å². The Bertz CT molecular complexity index is 511. The van der Waals surface area contributed by atoms with E-state index in [0.29, 0.717) is 5.82 Å². The monoisotopic (exact) mass is 259 g/mol. The number of rotatable bonds is 4. The number of pyridine rings is 1. The Balaban J connectivity index is 1.98. The molecule has 3 nitrogen and oxygen atoms in total. The minimum atomic E-state index is -0.0926. The van der Waals surface area contributed by atoms with Crippen LogP contribution in [0.5, 0.6) is 0 Å². The van der Waals surface area contributed by atoms with Gasteiger partial charge in [0, 0.05) is 28.5 Å². The number of thioether (sulfide) groups is 1. The van der Waals surface area contributed by atoms with E-state index in [0.717, 1.165) is 11.3 Å². The summed E-state index contributed by atoms with van der Waals surface area (Å²) >= 11 is 1.73. The standard InChI is InChI=1S/C14H17N3S/c1-10-4-6-11(7-5-10)18-9-13(15)12-3-2-8-17-14(12)16/h2-8,13H,9,15H2,1H3,(H2,16,17). The van der Waals surface area contributed by atoms with Crippen LogP contribution in [-0.2, 0) is 0 Å². The highest BCUT2D eigenvalue weighted by molar-refractivity contribution is 7.99. The third-order valence-electron chi connectivity index (χ3n) is 2.72. The van der Waals surface area contributed by atoms with Crippen molar-refractivity contribution in [2.24, 2.45) is 5.73 Å². The molecule has 1 atom stereocenters. The number of aromatic nitrogens is 1. The topological polar surface area (TPSA) is 64.9 Å². The van der Waals surface area contributed by atoms with Crippen LogP contribution in [0, 0.1) is 6.92 Å². The second-order valence-electron chi connectivity index (χ2n) is 4.21. The van der Waals surface area contributed by atoms with Gasteiger partial charge in [0.05, 0.1) is 0 Å². The van der Waals surface area contributed by atoms with Gasteiger partial charge in [-0.3, -0.25) is 0 Å². The van der Waals surface area contributed by atoms with E-state index < -0.39 is 0 Å². The third kappa shape index (κ3) is 3.24. The molecule has 1 aromatic carbocycles. The summed E-state index contributed by atoms with van der Waals surface area (Å²) in [5.74, 6) is 1.31. The molecule has 4 N–H and O–H groups in total. The first-order valence-corrected chi connectivity index (χ1v) is 6.81. The van der Waals surface area contributed by atoms with Gasteiger partial charge in [0.1, 0.15) is 5.82 Å². The number of nitrogen functional groups attached to an aromatic ring is 1. The van der Waals surface area contributed by atoms with E-state index in [1.807, 2.05) is 12.1 Å². The highest BCUT2D eigenvalue weighted by Crippen LogP contribution is 2.25. The molecular weight excluding hydrogens is 242 g/mol. The molecule has 0 aliphatic rings. The van der Waals surface area contributed by atoms with Crippen LogP contribution in [0.1, 0.15) is 17.2 Å². The maximum atomic E-state index is 6.13. The number of benzene rings is 1. The van der Waals surface area contributed by atoms with Gasteiger partial charge in [-0.25, -0.2) is 4.98 Å². The second-order valence-corrected chi connectivity index (χ2v) is 5.30. The Labute approximate surface area is 112 Å². The van der Waals surface area contributed by atoms with Gasteiger partial charge < -0.3 is 11.5 Å². The Morgan fingerprint density at radius 2 is 1.94 bits per heavy atom. The molecule has 1 heterocycles. The maximum Gasteiger partial charge on any atom is 0.128 e. The molecule has 2 rings (SSSR count). The van der Waals surface area contributed by atoms with Crippen LogP contribution in [0.25, 0.3) is 0 Å². The summed E-state index contributed by atoms with van der Waals surface area (Å²) in [4.78, 5) is 5.28. The fourth-order valence-corrected chi connectivity index (χ4v) is 2.53. The summed E-state index contributed by atoms with van der Waals surface area (Å²) in [6, 6.07) is 12.1. The highest BCUT2D eigenvalue weighted by atomic mass is 32.2. The zero-order chi connectivity index (χ0) is 13.0. The van der Waals surface area contributed by atoms with E-state index in [9.17, 15) is 0 Å². The predicted molar refractivity (Wildman–Crippen MR) is 77.5 cm³/mol. The van der Waals surface area contributed by atoms with E-state index >= 15 is 0 Å². The van der Waals surface area contributed by atoms with E-state index in [1.54, 1.807) is 18.0 Å². The number of nitrogens with two attached hydrogens (primary N) is 2. The summed E-state index contributed by atoms with van der Waals surface area (Å²) in [5.41, 5.74) is 14.1. The van der Waals surface area contributed by atoms with Crippen molar-refractivity contribution in [2.75, 3.05) is 11.5 Å². The van der Waals surface area contributed by atoms with Gasteiger partial charge in [-0.15, -0.1) is 11.8 Å². The molecule has 1 aromatic heterocycles. The number of hydrogen-bond donors (Lipinski definition) is 2. The minimum Gasteiger partial charge on any atom is -0.383 e. The molecular formula is C14H17N3S. The van der Waals surface area contributed by atoms with Crippen LogP contribution >= 0.6 is 11.8 Å². The van der Waals surface area contributed by atoms with Crippen LogP contribution in [0.15, 0.2) is 47.5 Å². The van der Waals surface area contributed by atoms with E-state index in [1.165, 1.54) is 10.5 Å². The lowest BCUT2D eigenvalue weighted by atomic mass is 10.1. The number of anilines is 1. The Morgan fingerprint density at radius 3 is 2.61 bits per heavy atom. The molecule has 2 aromatic rings. The van der Waals surface area contributed by atoms with Crippen molar-refractivity contribution in [3.63, 3.8) is 0 Å². The Hall–Kier alpha value is -1.52. The predicted octanol–water partition coefficient (Wildman–Crippen LogP) is 2.76. The average molecular weight is 259 g/mol. The Morgan fingerprint density at radius 1 is 1.22 bits per heavy atom. The van der Waals surface area contributed by atoms with Gasteiger partial charge >= 0.3 is 0 Å². The number of nitrogens with zero attached hydrogens (tertiary/aromatic N) is 1. The fraction of sp³-hybridized carbons (Fsp3) is 0.214. The normalized spacial score (nSPS) is 12.3. The van der Waals surface area contributed by atoms with E-state index in [4.69, 9.17) is 11.5 Å². The molecule has 94 valence electrons. The minimum absolute atomic E-state index is 0.0926. The lowest BCUT2D eigenvalue weighted by molar-refractivity contribution is 0.828. The molecule has 0 amide bonds. The smallest absolute Gasteiger partial charge is 0.128 e. The second kappa shape index (κ2) is 5.89. The first-order valence-electron chi connectivity index (χ1n) is 5.82. The van der Waals surface area contributed by atoms with Crippen molar-refractivity contribution in [1.82, 2.24) is 4.98 Å². The van der Waals surface area contributed by atoms with Crippen LogP contribution in [0.2, 0.25) is 0 Å². The van der Waals surface area contributed by atoms with Crippen LogP contribution < -0.4 is 11.5 Å². The summed E-state index contributed by atoms with van der Waals surface area (Å²) < 4.78 is 0. The lowest BCUT2D eigenvalue weighted by Gasteiger charge is -2.13. The third-order valence-corrected chi connectivity index (χ3v) is 3.85. The molecule has 0 fully saturated rings. The molecule has 0 saturated carbocycles. The maximum absolute atomic E-state index is 6.13. The zero-order valence-electron chi connectivity index (χ0n) is 10.3. The van der Waals surface area contributed by atoms with Crippen molar-refractivity contribution in [2.45, 2.75) is 17.9 Å². The van der Waals surface area contributed by atoms with Crippen molar-refractivity contribution < 1.29 is 0 Å². The summed E-state index contributed by atoms with van der Waals surface area (Å²) in [6.07, 6.45) is 1.68. The average Bonchev–Trinajstić information content (AvgIpc) is 2.38. The van der Waals surface area contributed by atoms with Crippen molar-refractivity contribution >= 4 is 17.6 Å². The van der Waals surface area contributed by atoms with Crippen LogP contribution in [0.3, 0.4) is 0 Å². The fourth-order valence-electron chi connectivity index (χ4n) is 1.65. The highest BCUT2D eigenvalue weighted by Gasteiger charge is 2.10. The largest absolute Gasteiger partial charge is 0.383 e. The summed E-state index contributed by atoms with van der Waals surface area (Å²) in [7, 11) is 0. The Kier molecular flexibility index (Phi) is 4.23. The SMILES string of the molecule is Cc1ccc(SCC(N)c2cccnc2N)cc1. The molecule has 0 aliphatic heterocycles. The molecule has 0 bridgehead atoms. The summed E-state index contributed by atoms with van der Waals surface area (Å²) in [6.45, 7) is 2.08. The molecule has 0 saturated heterocycles. The first-order chi connectivity index (χ1) is 8.66. The van der Waals surface area contributed by atoms with Crippen LogP contribution in [0.4, 0.5) is 5.82 Å². The van der Waals surface area contributed by atoms with Gasteiger partial charge in [0.2, 0.25) is 0 Å². The van der Waals surface area contributed by atoms with E-state index in [-0.39, 0.29) is 6.04 Å². The van der Waals surface area contributed by atoms with Gasteiger partial charge in [-0.2, -0.15) is 0 Å². The van der Waals surface area contributed by atoms with Gasteiger partial charge in [-0.1, -0.05) is 23.8 Å². The summed E-state index contributed by atoms with van der Waals surface area (Å²) in [5, 5.41) is 0. The van der Waals surface area contributed by atoms with Crippen molar-refractivity contribution in [3.8, 4) is 0 Å². The zero-order valence-corrected chi connectivity index (χ0v) is 11.2. The van der Waals surface area contributed by atoms with Gasteiger partial charge in [0.25, 0.3) is 0 Å². The molecule has 0 radical (unpaired) electrons. The molecule has 4 heteroatoms. The first kappa shape index (κ1) is 12.9. The quantitative estimate of drug-likeness (QED) is 0.829. The van der Waals surface area contributed by atoms with Crippen LogP contribution in [-0.4, -0.2) is 10.7 Å². The lowest BCUT2D eigenvalue weighted by Crippen LogP contribution is -2.15. The van der Waals surface area contributed by atoms with E-state index in [2.05, 4.69) is 36.2 Å². The molecule has 0 aliphatic carbocycles. The molecule has 18 heavy (non-hydrogen) atoms. The van der Waals surface area contributed by atoms with Crippen molar-refractivity contribution in [3.05, 3.63) is 53.7 Å². The number of hydrogen-bond acceptors (Lipinski definition) is 4. The number of aryl methyl sites for hydroxylation is 1.